The van der Waals surface area contributed by atoms with Gasteiger partial charge in [-0.05, 0) is 31.5 Å². The van der Waals surface area contributed by atoms with Crippen LogP contribution in [0.25, 0.3) is 0 Å². The van der Waals surface area contributed by atoms with Crippen LogP contribution in [-0.4, -0.2) is 42.5 Å². The molecule has 0 radical (unpaired) electrons. The third kappa shape index (κ3) is 3.73. The third-order valence-corrected chi connectivity index (χ3v) is 3.27. The summed E-state index contributed by atoms with van der Waals surface area (Å²) in [4.78, 5) is 25.3. The molecule has 2 amide bonds. The summed E-state index contributed by atoms with van der Waals surface area (Å²) in [6.45, 7) is 5.20. The lowest BCUT2D eigenvalue weighted by Gasteiger charge is -2.24. The maximum atomic E-state index is 12.3. The van der Waals surface area contributed by atoms with Crippen LogP contribution in [-0.2, 0) is 9.59 Å². The summed E-state index contributed by atoms with van der Waals surface area (Å²) >= 11 is 0. The van der Waals surface area contributed by atoms with E-state index in [-0.39, 0.29) is 11.8 Å². The van der Waals surface area contributed by atoms with Gasteiger partial charge in [-0.3, -0.25) is 9.59 Å². The fraction of sp³-hybridized carbons (Fsp3) is 0.467. The van der Waals surface area contributed by atoms with E-state index >= 15 is 0 Å². The molecule has 5 heteroatoms. The second kappa shape index (κ2) is 6.41. The summed E-state index contributed by atoms with van der Waals surface area (Å²) < 4.78 is 5.68. The van der Waals surface area contributed by atoms with Gasteiger partial charge in [-0.25, -0.2) is 0 Å². The highest BCUT2D eigenvalue weighted by atomic mass is 16.5. The van der Waals surface area contributed by atoms with E-state index in [4.69, 9.17) is 4.74 Å². The number of carbonyl (C=O) groups excluding carboxylic acids is 2. The first-order valence-electron chi connectivity index (χ1n) is 6.85. The lowest BCUT2D eigenvalue weighted by atomic mass is 10.2. The lowest BCUT2D eigenvalue weighted by molar-refractivity contribution is -0.137. The van der Waals surface area contributed by atoms with E-state index in [1.54, 1.807) is 11.8 Å². The number of ether oxygens (including phenoxy) is 1. The summed E-state index contributed by atoms with van der Waals surface area (Å²) in [5.74, 6) is 0.602. The molecule has 1 atom stereocenters. The fourth-order valence-corrected chi connectivity index (χ4v) is 2.19. The van der Waals surface area contributed by atoms with Crippen molar-refractivity contribution in [3.05, 3.63) is 29.8 Å². The molecule has 1 saturated heterocycles. The zero-order chi connectivity index (χ0) is 14.5. The van der Waals surface area contributed by atoms with Gasteiger partial charge in [0.2, 0.25) is 5.91 Å². The third-order valence-electron chi connectivity index (χ3n) is 3.27. The Hall–Kier alpha value is -2.04. The van der Waals surface area contributed by atoms with Gasteiger partial charge in [0.1, 0.15) is 5.75 Å². The molecular weight excluding hydrogens is 256 g/mol. The Bertz CT molecular complexity index is 502. The minimum atomic E-state index is -0.551. The van der Waals surface area contributed by atoms with Crippen molar-refractivity contribution in [3.63, 3.8) is 0 Å². The minimum absolute atomic E-state index is 0.00689. The van der Waals surface area contributed by atoms with E-state index in [9.17, 15) is 9.59 Å². The largest absolute Gasteiger partial charge is 0.481 e. The van der Waals surface area contributed by atoms with Crippen molar-refractivity contribution in [2.24, 2.45) is 0 Å². The second-order valence-corrected chi connectivity index (χ2v) is 5.00. The second-order valence-electron chi connectivity index (χ2n) is 5.00. The standard InChI is InChI=1S/C15H20N2O3/c1-11-4-3-5-13(10-11)20-12(2)15(19)17-8-6-14(18)16-7-9-17/h3-5,10,12H,6-9H2,1-2H3,(H,16,18). The molecule has 0 aromatic heterocycles. The molecule has 0 aliphatic carbocycles. The van der Waals surface area contributed by atoms with E-state index in [2.05, 4.69) is 5.32 Å². The van der Waals surface area contributed by atoms with Crippen molar-refractivity contribution in [1.29, 1.82) is 0 Å². The highest BCUT2D eigenvalue weighted by Crippen LogP contribution is 2.15. The number of nitrogens with one attached hydrogen (secondary N) is 1. The number of carbonyl (C=O) groups is 2. The number of benzene rings is 1. The maximum Gasteiger partial charge on any atom is 0.263 e. The molecule has 1 aromatic rings. The predicted molar refractivity (Wildman–Crippen MR) is 75.5 cm³/mol. The predicted octanol–water partition coefficient (Wildman–Crippen LogP) is 1.11. The number of rotatable bonds is 3. The van der Waals surface area contributed by atoms with Crippen LogP contribution in [0.5, 0.6) is 5.75 Å². The van der Waals surface area contributed by atoms with Crippen molar-refractivity contribution in [1.82, 2.24) is 10.2 Å². The zero-order valence-corrected chi connectivity index (χ0v) is 11.9. The van der Waals surface area contributed by atoms with E-state index in [1.165, 1.54) is 0 Å². The molecule has 0 bridgehead atoms. The highest BCUT2D eigenvalue weighted by Gasteiger charge is 2.24. The summed E-state index contributed by atoms with van der Waals surface area (Å²) in [7, 11) is 0. The fourth-order valence-electron chi connectivity index (χ4n) is 2.19. The summed E-state index contributed by atoms with van der Waals surface area (Å²) in [6, 6.07) is 7.61. The number of nitrogens with zero attached hydrogens (tertiary/aromatic N) is 1. The molecular formula is C15H20N2O3. The normalized spacial score (nSPS) is 17.1. The van der Waals surface area contributed by atoms with Crippen LogP contribution in [0.4, 0.5) is 0 Å². The molecule has 1 unspecified atom stereocenters. The van der Waals surface area contributed by atoms with E-state index in [0.29, 0.717) is 31.8 Å². The molecule has 108 valence electrons. The molecule has 1 fully saturated rings. The topological polar surface area (TPSA) is 58.6 Å². The van der Waals surface area contributed by atoms with Crippen LogP contribution in [0.2, 0.25) is 0 Å². The van der Waals surface area contributed by atoms with E-state index in [1.807, 2.05) is 31.2 Å². The molecule has 5 nitrogen and oxygen atoms in total. The van der Waals surface area contributed by atoms with Crippen LogP contribution >= 0.6 is 0 Å². The van der Waals surface area contributed by atoms with E-state index in [0.717, 1.165) is 5.56 Å². The molecule has 0 saturated carbocycles. The molecule has 1 aromatic carbocycles. The van der Waals surface area contributed by atoms with Crippen molar-refractivity contribution in [2.45, 2.75) is 26.4 Å². The van der Waals surface area contributed by atoms with Gasteiger partial charge in [0, 0.05) is 26.1 Å². The van der Waals surface area contributed by atoms with Gasteiger partial charge in [0.15, 0.2) is 6.10 Å². The lowest BCUT2D eigenvalue weighted by Crippen LogP contribution is -2.42. The summed E-state index contributed by atoms with van der Waals surface area (Å²) in [5.41, 5.74) is 1.09. The molecule has 1 heterocycles. The Kier molecular flexibility index (Phi) is 4.61. The van der Waals surface area contributed by atoms with E-state index < -0.39 is 6.10 Å². The Labute approximate surface area is 118 Å². The molecule has 2 rings (SSSR count). The van der Waals surface area contributed by atoms with Crippen LogP contribution in [0, 0.1) is 6.92 Å². The molecule has 0 spiro atoms. The number of aryl methyl sites for hydroxylation is 1. The number of hydrogen-bond acceptors (Lipinski definition) is 3. The number of amides is 2. The van der Waals surface area contributed by atoms with Gasteiger partial charge in [-0.2, -0.15) is 0 Å². The Balaban J connectivity index is 1.96. The summed E-state index contributed by atoms with van der Waals surface area (Å²) in [6.07, 6.45) is -0.201. The first-order valence-corrected chi connectivity index (χ1v) is 6.85. The SMILES string of the molecule is Cc1cccc(OC(C)C(=O)N2CCNC(=O)CC2)c1. The molecule has 1 aliphatic rings. The highest BCUT2D eigenvalue weighted by molar-refractivity contribution is 5.83. The Morgan fingerprint density at radius 1 is 1.40 bits per heavy atom. The quantitative estimate of drug-likeness (QED) is 0.899. The van der Waals surface area contributed by atoms with Crippen molar-refractivity contribution >= 4 is 11.8 Å². The Morgan fingerprint density at radius 3 is 2.95 bits per heavy atom. The van der Waals surface area contributed by atoms with Crippen molar-refractivity contribution < 1.29 is 14.3 Å². The number of hydrogen-bond donors (Lipinski definition) is 1. The van der Waals surface area contributed by atoms with Crippen LogP contribution < -0.4 is 10.1 Å². The van der Waals surface area contributed by atoms with Gasteiger partial charge < -0.3 is 15.0 Å². The van der Waals surface area contributed by atoms with Gasteiger partial charge in [-0.15, -0.1) is 0 Å². The average molecular weight is 276 g/mol. The van der Waals surface area contributed by atoms with Crippen LogP contribution in [0.3, 0.4) is 0 Å². The first-order chi connectivity index (χ1) is 9.56. The first kappa shape index (κ1) is 14.4. The van der Waals surface area contributed by atoms with Crippen LogP contribution in [0.15, 0.2) is 24.3 Å². The zero-order valence-electron chi connectivity index (χ0n) is 11.9. The summed E-state index contributed by atoms with van der Waals surface area (Å²) in [5, 5.41) is 2.75. The van der Waals surface area contributed by atoms with Gasteiger partial charge >= 0.3 is 0 Å². The van der Waals surface area contributed by atoms with Crippen LogP contribution in [0.1, 0.15) is 18.9 Å². The van der Waals surface area contributed by atoms with Gasteiger partial charge in [0.25, 0.3) is 5.91 Å². The molecule has 1 N–H and O–H groups in total. The average Bonchev–Trinajstić information content (AvgIpc) is 2.62. The Morgan fingerprint density at radius 2 is 2.20 bits per heavy atom. The minimum Gasteiger partial charge on any atom is -0.481 e. The van der Waals surface area contributed by atoms with Crippen molar-refractivity contribution in [3.8, 4) is 5.75 Å². The van der Waals surface area contributed by atoms with Gasteiger partial charge in [0.05, 0.1) is 0 Å². The van der Waals surface area contributed by atoms with Crippen molar-refractivity contribution in [2.75, 3.05) is 19.6 Å². The molecule has 1 aliphatic heterocycles. The van der Waals surface area contributed by atoms with Gasteiger partial charge in [-0.1, -0.05) is 12.1 Å². The maximum absolute atomic E-state index is 12.3. The smallest absolute Gasteiger partial charge is 0.263 e. The molecule has 20 heavy (non-hydrogen) atoms. The monoisotopic (exact) mass is 276 g/mol.